The maximum Gasteiger partial charge on any atom is 0.339 e. The van der Waals surface area contributed by atoms with Crippen LogP contribution in [0.2, 0.25) is 5.02 Å². The molecule has 7 nitrogen and oxygen atoms in total. The minimum Gasteiger partial charge on any atom is -0.462 e. The Morgan fingerprint density at radius 3 is 2.28 bits per heavy atom. The maximum atomic E-state index is 12.5. The van der Waals surface area contributed by atoms with E-state index < -0.39 is 28.4 Å². The highest BCUT2D eigenvalue weighted by atomic mass is 35.5. The Bertz CT molecular complexity index is 1020. The number of carbonyl (C=O) groups is 2. The standard InChI is InChI=1S/C20H23ClN2O5S/c1-5-28-20(25)17-11-15(6-7-18(17)21)22-19(24)12-23(29(4,26)27)16-9-13(2)8-14(3)10-16/h6-11H,5,12H2,1-4H3,(H,22,24). The van der Waals surface area contributed by atoms with Gasteiger partial charge in [-0.2, -0.15) is 0 Å². The summed E-state index contributed by atoms with van der Waals surface area (Å²) < 4.78 is 30.5. The van der Waals surface area contributed by atoms with Crippen LogP contribution in [0.25, 0.3) is 0 Å². The van der Waals surface area contributed by atoms with E-state index in [0.717, 1.165) is 21.7 Å². The van der Waals surface area contributed by atoms with E-state index in [9.17, 15) is 18.0 Å². The zero-order valence-corrected chi connectivity index (χ0v) is 18.2. The first-order valence-electron chi connectivity index (χ1n) is 8.83. The van der Waals surface area contributed by atoms with Gasteiger partial charge in [0.2, 0.25) is 15.9 Å². The van der Waals surface area contributed by atoms with Gasteiger partial charge in [0, 0.05) is 5.69 Å². The highest BCUT2D eigenvalue weighted by Gasteiger charge is 2.22. The van der Waals surface area contributed by atoms with Crippen LogP contribution in [0.15, 0.2) is 36.4 Å². The summed E-state index contributed by atoms with van der Waals surface area (Å²) in [5.74, 6) is -1.17. The summed E-state index contributed by atoms with van der Waals surface area (Å²) in [5.41, 5.74) is 2.58. The first-order valence-corrected chi connectivity index (χ1v) is 11.1. The molecule has 0 saturated heterocycles. The molecule has 0 aliphatic rings. The van der Waals surface area contributed by atoms with Crippen LogP contribution in [-0.2, 0) is 19.6 Å². The molecule has 0 bridgehead atoms. The molecule has 0 radical (unpaired) electrons. The van der Waals surface area contributed by atoms with Gasteiger partial charge < -0.3 is 10.1 Å². The van der Waals surface area contributed by atoms with Crippen molar-refractivity contribution < 1.29 is 22.7 Å². The molecule has 1 amide bonds. The van der Waals surface area contributed by atoms with Gasteiger partial charge in [-0.3, -0.25) is 9.10 Å². The number of nitrogens with zero attached hydrogens (tertiary/aromatic N) is 1. The molecule has 9 heteroatoms. The van der Waals surface area contributed by atoms with E-state index in [1.807, 2.05) is 19.9 Å². The van der Waals surface area contributed by atoms with Crippen LogP contribution in [0, 0.1) is 13.8 Å². The summed E-state index contributed by atoms with van der Waals surface area (Å²) in [6.07, 6.45) is 1.04. The van der Waals surface area contributed by atoms with Gasteiger partial charge in [0.25, 0.3) is 0 Å². The molecule has 1 N–H and O–H groups in total. The van der Waals surface area contributed by atoms with Gasteiger partial charge in [0.15, 0.2) is 0 Å². The Hall–Kier alpha value is -2.58. The summed E-state index contributed by atoms with van der Waals surface area (Å²) in [5, 5.41) is 2.79. The van der Waals surface area contributed by atoms with E-state index >= 15 is 0 Å². The Labute approximate surface area is 175 Å². The quantitative estimate of drug-likeness (QED) is 0.667. The summed E-state index contributed by atoms with van der Waals surface area (Å²) >= 11 is 6.02. The van der Waals surface area contributed by atoms with Crippen molar-refractivity contribution in [3.8, 4) is 0 Å². The number of halogens is 1. The van der Waals surface area contributed by atoms with E-state index in [1.54, 1.807) is 19.1 Å². The third-order valence-electron chi connectivity index (χ3n) is 3.93. The number of carbonyl (C=O) groups excluding carboxylic acids is 2. The summed E-state index contributed by atoms with van der Waals surface area (Å²) in [6, 6.07) is 9.67. The average molecular weight is 439 g/mol. The second kappa shape index (κ2) is 9.28. The number of sulfonamides is 1. The lowest BCUT2D eigenvalue weighted by Gasteiger charge is -2.23. The van der Waals surface area contributed by atoms with Crippen LogP contribution in [-0.4, -0.2) is 39.7 Å². The molecule has 29 heavy (non-hydrogen) atoms. The van der Waals surface area contributed by atoms with Gasteiger partial charge in [-0.1, -0.05) is 17.7 Å². The largest absolute Gasteiger partial charge is 0.462 e. The number of anilines is 2. The Morgan fingerprint density at radius 1 is 1.10 bits per heavy atom. The highest BCUT2D eigenvalue weighted by Crippen LogP contribution is 2.23. The van der Waals surface area contributed by atoms with Crippen LogP contribution < -0.4 is 9.62 Å². The molecule has 2 aromatic rings. The molecule has 156 valence electrons. The lowest BCUT2D eigenvalue weighted by Crippen LogP contribution is -2.37. The normalized spacial score (nSPS) is 11.1. The van der Waals surface area contributed by atoms with Crippen molar-refractivity contribution in [3.05, 3.63) is 58.1 Å². The Morgan fingerprint density at radius 2 is 1.72 bits per heavy atom. The summed E-state index contributed by atoms with van der Waals surface area (Å²) in [7, 11) is -3.70. The van der Waals surface area contributed by atoms with Crippen molar-refractivity contribution in [2.24, 2.45) is 0 Å². The molecule has 2 aromatic carbocycles. The summed E-state index contributed by atoms with van der Waals surface area (Å²) in [4.78, 5) is 24.5. The third kappa shape index (κ3) is 6.20. The number of aryl methyl sites for hydroxylation is 2. The van der Waals surface area contributed by atoms with Crippen molar-refractivity contribution in [2.45, 2.75) is 20.8 Å². The van der Waals surface area contributed by atoms with E-state index in [-0.39, 0.29) is 17.2 Å². The molecule has 0 atom stereocenters. The molecule has 0 saturated carbocycles. The number of ether oxygens (including phenoxy) is 1. The van der Waals surface area contributed by atoms with Crippen molar-refractivity contribution in [1.82, 2.24) is 0 Å². The first-order chi connectivity index (χ1) is 13.5. The highest BCUT2D eigenvalue weighted by molar-refractivity contribution is 7.92. The minimum absolute atomic E-state index is 0.112. The number of benzene rings is 2. The molecular formula is C20H23ClN2O5S. The van der Waals surface area contributed by atoms with Crippen molar-refractivity contribution in [2.75, 3.05) is 29.0 Å². The Balaban J connectivity index is 2.25. The van der Waals surface area contributed by atoms with Crippen LogP contribution in [0.1, 0.15) is 28.4 Å². The predicted molar refractivity (Wildman–Crippen MR) is 114 cm³/mol. The van der Waals surface area contributed by atoms with Gasteiger partial charge in [0.1, 0.15) is 6.54 Å². The minimum atomic E-state index is -3.70. The predicted octanol–water partition coefficient (Wildman–Crippen LogP) is 3.54. The van der Waals surface area contributed by atoms with Crippen molar-refractivity contribution >= 4 is 44.9 Å². The van der Waals surface area contributed by atoms with E-state index in [2.05, 4.69) is 5.32 Å². The average Bonchev–Trinajstić information content (AvgIpc) is 2.59. The van der Waals surface area contributed by atoms with Crippen molar-refractivity contribution in [3.63, 3.8) is 0 Å². The van der Waals surface area contributed by atoms with Gasteiger partial charge in [-0.05, 0) is 62.2 Å². The fourth-order valence-electron chi connectivity index (χ4n) is 2.79. The molecule has 0 aliphatic carbocycles. The van der Waals surface area contributed by atoms with Crippen LogP contribution in [0.4, 0.5) is 11.4 Å². The van der Waals surface area contributed by atoms with Crippen LogP contribution in [0.3, 0.4) is 0 Å². The van der Waals surface area contributed by atoms with Crippen molar-refractivity contribution in [1.29, 1.82) is 0 Å². The molecule has 0 aliphatic heterocycles. The van der Waals surface area contributed by atoms with E-state index in [1.165, 1.54) is 18.2 Å². The maximum absolute atomic E-state index is 12.5. The SMILES string of the molecule is CCOC(=O)c1cc(NC(=O)CN(c2cc(C)cc(C)c2)S(C)(=O)=O)ccc1Cl. The molecule has 0 spiro atoms. The lowest BCUT2D eigenvalue weighted by molar-refractivity contribution is -0.114. The number of esters is 1. The Kier molecular flexibility index (Phi) is 7.26. The number of amides is 1. The third-order valence-corrected chi connectivity index (χ3v) is 5.40. The van der Waals surface area contributed by atoms with Crippen LogP contribution >= 0.6 is 11.6 Å². The lowest BCUT2D eigenvalue weighted by atomic mass is 10.1. The molecule has 0 unspecified atom stereocenters. The fourth-order valence-corrected chi connectivity index (χ4v) is 3.83. The first kappa shape index (κ1) is 22.7. The zero-order chi connectivity index (χ0) is 21.8. The van der Waals surface area contributed by atoms with Gasteiger partial charge in [-0.15, -0.1) is 0 Å². The molecular weight excluding hydrogens is 416 g/mol. The number of hydrogen-bond acceptors (Lipinski definition) is 5. The van der Waals surface area contributed by atoms with Gasteiger partial charge in [0.05, 0.1) is 29.1 Å². The van der Waals surface area contributed by atoms with E-state index in [0.29, 0.717) is 11.4 Å². The van der Waals surface area contributed by atoms with Crippen LogP contribution in [0.5, 0.6) is 0 Å². The number of rotatable bonds is 7. The molecule has 0 heterocycles. The molecule has 2 rings (SSSR count). The topological polar surface area (TPSA) is 92.8 Å². The monoisotopic (exact) mass is 438 g/mol. The number of hydrogen-bond donors (Lipinski definition) is 1. The smallest absolute Gasteiger partial charge is 0.339 e. The second-order valence-electron chi connectivity index (χ2n) is 6.58. The summed E-state index contributed by atoms with van der Waals surface area (Å²) in [6.45, 7) is 5.14. The number of nitrogens with one attached hydrogen (secondary N) is 1. The second-order valence-corrected chi connectivity index (χ2v) is 8.89. The molecule has 0 fully saturated rings. The van der Waals surface area contributed by atoms with E-state index in [4.69, 9.17) is 16.3 Å². The van der Waals surface area contributed by atoms with Gasteiger partial charge >= 0.3 is 5.97 Å². The van der Waals surface area contributed by atoms with Gasteiger partial charge in [-0.25, -0.2) is 13.2 Å². The molecule has 0 aromatic heterocycles. The zero-order valence-electron chi connectivity index (χ0n) is 16.7. The fraction of sp³-hybridized carbons (Fsp3) is 0.300.